The lowest BCUT2D eigenvalue weighted by Gasteiger charge is -2.20. The summed E-state index contributed by atoms with van der Waals surface area (Å²) in [6.07, 6.45) is -0.620. The average molecular weight is 322 g/mol. The number of rotatable bonds is 6. The van der Waals surface area contributed by atoms with Crippen molar-refractivity contribution in [3.05, 3.63) is 10.1 Å². The molecule has 0 aliphatic carbocycles. The highest BCUT2D eigenvalue weighted by Crippen LogP contribution is 2.14. The second kappa shape index (κ2) is 8.29. The third-order valence-corrected chi connectivity index (χ3v) is 2.79. The first kappa shape index (κ1) is 19.0. The fourth-order valence-electron chi connectivity index (χ4n) is 0.770. The Kier molecular flexibility index (Phi) is 7.49. The Balaban J connectivity index is 4.38. The van der Waals surface area contributed by atoms with Gasteiger partial charge in [0.05, 0.1) is 18.7 Å². The molecule has 0 bridgehead atoms. The zero-order chi connectivity index (χ0) is 16.6. The van der Waals surface area contributed by atoms with Gasteiger partial charge in [-0.1, -0.05) is 5.16 Å². The molecule has 0 aliphatic rings. The molecule has 10 nitrogen and oxygen atoms in total. The van der Waals surface area contributed by atoms with Gasteiger partial charge in [0, 0.05) is 32.9 Å². The van der Waals surface area contributed by atoms with E-state index in [2.05, 4.69) is 9.99 Å². The van der Waals surface area contributed by atoms with Gasteiger partial charge in [-0.25, -0.2) is 18.2 Å². The van der Waals surface area contributed by atoms with Crippen LogP contribution in [-0.2, 0) is 9.57 Å². The molecule has 0 radical (unpaired) electrons. The van der Waals surface area contributed by atoms with Gasteiger partial charge in [-0.05, 0) is 6.92 Å². The molecule has 11 heteroatoms. The zero-order valence-corrected chi connectivity index (χ0v) is 13.2. The molecule has 0 unspecified atom stereocenters. The predicted molar refractivity (Wildman–Crippen MR) is 76.2 cm³/mol. The minimum absolute atomic E-state index is 0.207. The monoisotopic (exact) mass is 322 g/mol. The van der Waals surface area contributed by atoms with E-state index in [-0.39, 0.29) is 6.61 Å². The number of carbonyl (C=O) groups is 2. The number of hydrogen-bond acceptors (Lipinski definition) is 8. The second-order valence-corrected chi connectivity index (χ2v) is 5.54. The first-order valence-electron chi connectivity index (χ1n) is 5.84. The van der Waals surface area contributed by atoms with Gasteiger partial charge >= 0.3 is 12.2 Å². The van der Waals surface area contributed by atoms with Crippen LogP contribution in [0.25, 0.3) is 0 Å². The molecule has 2 amide bonds. The van der Waals surface area contributed by atoms with E-state index in [0.29, 0.717) is 0 Å². The number of nitro groups is 1. The molecule has 0 aromatic carbocycles. The van der Waals surface area contributed by atoms with Crippen molar-refractivity contribution < 1.29 is 24.1 Å². The van der Waals surface area contributed by atoms with E-state index in [4.69, 9.17) is 4.74 Å². The molecular weight excluding hydrogens is 304 g/mol. The Bertz CT molecular complexity index is 428. The summed E-state index contributed by atoms with van der Waals surface area (Å²) in [6.45, 7) is 4.47. The third kappa shape index (κ3) is 6.79. The third-order valence-electron chi connectivity index (χ3n) is 2.00. The van der Waals surface area contributed by atoms with Crippen LogP contribution in [0, 0.1) is 10.1 Å². The molecule has 0 spiro atoms. The van der Waals surface area contributed by atoms with Crippen molar-refractivity contribution in [2.75, 3.05) is 20.7 Å². The van der Waals surface area contributed by atoms with Crippen LogP contribution in [0.3, 0.4) is 0 Å². The van der Waals surface area contributed by atoms with Crippen LogP contribution < -0.4 is 0 Å². The number of hydrogen-bond donors (Lipinski definition) is 0. The van der Waals surface area contributed by atoms with Crippen molar-refractivity contribution in [2.45, 2.75) is 26.3 Å². The molecule has 0 aliphatic heterocycles. The van der Waals surface area contributed by atoms with Crippen molar-refractivity contribution in [3.8, 4) is 0 Å². The van der Waals surface area contributed by atoms with Gasteiger partial charge in [0.1, 0.15) is 6.21 Å². The molecule has 0 saturated carbocycles. The Hall–Kier alpha value is -2.04. The van der Waals surface area contributed by atoms with E-state index < -0.39 is 22.6 Å². The van der Waals surface area contributed by atoms with E-state index in [9.17, 15) is 19.7 Å². The van der Waals surface area contributed by atoms with Gasteiger partial charge in [-0.2, -0.15) is 0 Å². The summed E-state index contributed by atoms with van der Waals surface area (Å²) in [5.74, 6) is 0. The van der Waals surface area contributed by atoms with Crippen molar-refractivity contribution in [1.82, 2.24) is 8.61 Å². The minimum atomic E-state index is -1.45. The SMILES string of the molecule is CCOC(=O)N(C)SN(C)C(=O)ON=CC(C)(C)[N+](=O)[O-]. The highest BCUT2D eigenvalue weighted by atomic mass is 32.2. The number of carbonyl (C=O) groups excluding carboxylic acids is 2. The van der Waals surface area contributed by atoms with Crippen LogP contribution in [-0.4, -0.2) is 58.2 Å². The summed E-state index contributed by atoms with van der Waals surface area (Å²) < 4.78 is 6.78. The van der Waals surface area contributed by atoms with Gasteiger partial charge in [0.25, 0.3) is 5.54 Å². The smallest absolute Gasteiger partial charge is 0.447 e. The molecular formula is C10H18N4O6S. The van der Waals surface area contributed by atoms with Crippen LogP contribution in [0.1, 0.15) is 20.8 Å². The molecule has 120 valence electrons. The number of oxime groups is 1. The van der Waals surface area contributed by atoms with Gasteiger partial charge in [0.15, 0.2) is 0 Å². The number of nitrogens with zero attached hydrogens (tertiary/aromatic N) is 4. The Morgan fingerprint density at radius 2 is 1.86 bits per heavy atom. The van der Waals surface area contributed by atoms with E-state index in [1.807, 2.05) is 0 Å². The molecule has 0 saturated heterocycles. The fourth-order valence-corrected chi connectivity index (χ4v) is 1.36. The molecule has 0 N–H and O–H groups in total. The van der Waals surface area contributed by atoms with Crippen LogP contribution in [0.4, 0.5) is 9.59 Å². The maximum absolute atomic E-state index is 11.5. The predicted octanol–water partition coefficient (Wildman–Crippen LogP) is 1.75. The maximum atomic E-state index is 11.5. The molecule has 0 fully saturated rings. The van der Waals surface area contributed by atoms with Crippen LogP contribution in [0.15, 0.2) is 5.16 Å². The summed E-state index contributed by atoms with van der Waals surface area (Å²) in [5, 5.41) is 13.9. The number of ether oxygens (including phenoxy) is 1. The lowest BCUT2D eigenvalue weighted by Crippen LogP contribution is -2.33. The lowest BCUT2D eigenvalue weighted by atomic mass is 10.1. The first-order chi connectivity index (χ1) is 9.61. The second-order valence-electron chi connectivity index (χ2n) is 4.28. The van der Waals surface area contributed by atoms with Crippen molar-refractivity contribution in [1.29, 1.82) is 0 Å². The molecule has 0 aromatic heterocycles. The summed E-state index contributed by atoms with van der Waals surface area (Å²) in [5.41, 5.74) is -1.45. The largest absolute Gasteiger partial charge is 0.449 e. The quantitative estimate of drug-likeness (QED) is 0.240. The van der Waals surface area contributed by atoms with Crippen LogP contribution in [0.5, 0.6) is 0 Å². The highest BCUT2D eigenvalue weighted by molar-refractivity contribution is 7.95. The Morgan fingerprint density at radius 1 is 1.33 bits per heavy atom. The van der Waals surface area contributed by atoms with Gasteiger partial charge < -0.3 is 4.74 Å². The Labute approximate surface area is 126 Å². The molecule has 21 heavy (non-hydrogen) atoms. The summed E-state index contributed by atoms with van der Waals surface area (Å²) in [6, 6.07) is 0. The fraction of sp³-hybridized carbons (Fsp3) is 0.700. The van der Waals surface area contributed by atoms with E-state index in [1.54, 1.807) is 6.92 Å². The van der Waals surface area contributed by atoms with Gasteiger partial charge in [-0.3, -0.25) is 15.0 Å². The first-order valence-corrected chi connectivity index (χ1v) is 6.57. The van der Waals surface area contributed by atoms with Crippen molar-refractivity contribution in [3.63, 3.8) is 0 Å². The van der Waals surface area contributed by atoms with E-state index in [1.165, 1.54) is 27.9 Å². The van der Waals surface area contributed by atoms with Gasteiger partial charge in [-0.15, -0.1) is 0 Å². The van der Waals surface area contributed by atoms with Crippen molar-refractivity contribution >= 4 is 30.5 Å². The van der Waals surface area contributed by atoms with E-state index in [0.717, 1.165) is 27.0 Å². The van der Waals surface area contributed by atoms with E-state index >= 15 is 0 Å². The topological polar surface area (TPSA) is 115 Å². The average Bonchev–Trinajstić information content (AvgIpc) is 2.38. The molecule has 0 atom stereocenters. The summed E-state index contributed by atoms with van der Waals surface area (Å²) in [4.78, 5) is 37.4. The van der Waals surface area contributed by atoms with Crippen LogP contribution >= 0.6 is 12.1 Å². The number of amides is 2. The maximum Gasteiger partial charge on any atom is 0.447 e. The lowest BCUT2D eigenvalue weighted by molar-refractivity contribution is -0.536. The standard InChI is InChI=1S/C10H18N4O6S/c1-6-19-8(15)12(4)21-13(5)9(16)20-11-7-10(2,3)14(17)18/h7H,6H2,1-5H3. The highest BCUT2D eigenvalue weighted by Gasteiger charge is 2.28. The molecule has 0 heterocycles. The normalized spacial score (nSPS) is 11.1. The molecule has 0 rings (SSSR count). The van der Waals surface area contributed by atoms with Gasteiger partial charge in [0.2, 0.25) is 0 Å². The zero-order valence-electron chi connectivity index (χ0n) is 12.4. The van der Waals surface area contributed by atoms with Crippen molar-refractivity contribution in [2.24, 2.45) is 5.16 Å². The summed E-state index contributed by atoms with van der Waals surface area (Å²) >= 11 is 0.730. The Morgan fingerprint density at radius 3 is 2.33 bits per heavy atom. The molecule has 0 aromatic rings. The van der Waals surface area contributed by atoms with Crippen LogP contribution in [0.2, 0.25) is 0 Å². The minimum Gasteiger partial charge on any atom is -0.449 e. The summed E-state index contributed by atoms with van der Waals surface area (Å²) in [7, 11) is 2.75.